The SMILES string of the molecule is CC/C=C/c1cc(CCC(C)(C(=O)NO)S(C)(=O)=O)no1. The summed E-state index contributed by atoms with van der Waals surface area (Å²) >= 11 is 0. The van der Waals surface area contributed by atoms with E-state index in [0.29, 0.717) is 11.5 Å². The van der Waals surface area contributed by atoms with Crippen LogP contribution in [0.1, 0.15) is 38.1 Å². The second-order valence-corrected chi connectivity index (χ2v) is 7.42. The van der Waals surface area contributed by atoms with E-state index < -0.39 is 20.5 Å². The lowest BCUT2D eigenvalue weighted by molar-refractivity contribution is -0.131. The minimum absolute atomic E-state index is 0.0122. The molecule has 0 spiro atoms. The molecule has 1 unspecified atom stereocenters. The molecule has 0 aliphatic rings. The van der Waals surface area contributed by atoms with Crippen LogP contribution in [0.2, 0.25) is 0 Å². The van der Waals surface area contributed by atoms with Gasteiger partial charge in [0, 0.05) is 12.3 Å². The molecule has 1 aromatic rings. The largest absolute Gasteiger partial charge is 0.357 e. The highest BCUT2D eigenvalue weighted by Crippen LogP contribution is 2.23. The van der Waals surface area contributed by atoms with Crippen LogP contribution in [0.15, 0.2) is 16.7 Å². The number of aryl methyl sites for hydroxylation is 1. The zero-order valence-corrected chi connectivity index (χ0v) is 13.1. The Morgan fingerprint density at radius 1 is 1.57 bits per heavy atom. The summed E-state index contributed by atoms with van der Waals surface area (Å²) in [7, 11) is -3.70. The van der Waals surface area contributed by atoms with E-state index in [1.807, 2.05) is 13.0 Å². The molecule has 118 valence electrons. The fourth-order valence-electron chi connectivity index (χ4n) is 1.71. The number of aromatic nitrogens is 1. The van der Waals surface area contributed by atoms with Crippen molar-refractivity contribution in [3.63, 3.8) is 0 Å². The molecule has 0 fully saturated rings. The molecule has 0 bridgehead atoms. The molecule has 0 saturated carbocycles. The predicted octanol–water partition coefficient (Wildman–Crippen LogP) is 1.34. The standard InChI is InChI=1S/C13H20N2O5S/c1-4-5-6-11-9-10(15-20-11)7-8-13(2,12(16)14-17)21(3,18)19/h5-6,9,17H,4,7-8H2,1-3H3,(H,14,16)/b6-5+. The number of hydrogen-bond acceptors (Lipinski definition) is 6. The lowest BCUT2D eigenvalue weighted by Gasteiger charge is -2.24. The first-order valence-corrected chi connectivity index (χ1v) is 8.40. The number of hydrogen-bond donors (Lipinski definition) is 2. The van der Waals surface area contributed by atoms with E-state index in [0.717, 1.165) is 12.7 Å². The van der Waals surface area contributed by atoms with Gasteiger partial charge in [-0.3, -0.25) is 10.0 Å². The molecule has 1 heterocycles. The quantitative estimate of drug-likeness (QED) is 0.580. The fraction of sp³-hybridized carbons (Fsp3) is 0.538. The van der Waals surface area contributed by atoms with E-state index in [1.54, 1.807) is 12.1 Å². The van der Waals surface area contributed by atoms with Crippen LogP contribution in [0.3, 0.4) is 0 Å². The normalized spacial score (nSPS) is 15.0. The van der Waals surface area contributed by atoms with Crippen LogP contribution in [0.4, 0.5) is 0 Å². The van der Waals surface area contributed by atoms with Gasteiger partial charge in [-0.1, -0.05) is 18.2 Å². The lowest BCUT2D eigenvalue weighted by Crippen LogP contribution is -2.49. The topological polar surface area (TPSA) is 110 Å². The third kappa shape index (κ3) is 4.15. The van der Waals surface area contributed by atoms with Gasteiger partial charge in [-0.25, -0.2) is 13.9 Å². The molecule has 0 aromatic carbocycles. The van der Waals surface area contributed by atoms with Crippen LogP contribution in [0.5, 0.6) is 0 Å². The molecule has 0 aliphatic heterocycles. The van der Waals surface area contributed by atoms with Gasteiger partial charge in [-0.2, -0.15) is 0 Å². The number of sulfone groups is 1. The molecule has 8 heteroatoms. The fourth-order valence-corrected chi connectivity index (χ4v) is 2.57. The van der Waals surface area contributed by atoms with Gasteiger partial charge in [0.25, 0.3) is 5.91 Å². The summed E-state index contributed by atoms with van der Waals surface area (Å²) < 4.78 is 26.9. The number of hydroxylamine groups is 1. The van der Waals surface area contributed by atoms with Gasteiger partial charge in [0.15, 0.2) is 15.6 Å². The van der Waals surface area contributed by atoms with Crippen LogP contribution in [-0.2, 0) is 21.1 Å². The van der Waals surface area contributed by atoms with Crippen LogP contribution >= 0.6 is 0 Å². The van der Waals surface area contributed by atoms with E-state index in [-0.39, 0.29) is 12.8 Å². The zero-order valence-electron chi connectivity index (χ0n) is 12.3. The summed E-state index contributed by atoms with van der Waals surface area (Å²) in [6.45, 7) is 3.25. The summed E-state index contributed by atoms with van der Waals surface area (Å²) in [6, 6.07) is 1.69. The molecule has 21 heavy (non-hydrogen) atoms. The van der Waals surface area contributed by atoms with Crippen molar-refractivity contribution in [2.45, 2.75) is 37.9 Å². The zero-order chi connectivity index (χ0) is 16.1. The van der Waals surface area contributed by atoms with Gasteiger partial charge in [0.05, 0.1) is 5.69 Å². The number of rotatable bonds is 7. The Bertz CT molecular complexity index is 620. The molecule has 2 N–H and O–H groups in total. The van der Waals surface area contributed by atoms with E-state index in [2.05, 4.69) is 5.16 Å². The van der Waals surface area contributed by atoms with E-state index >= 15 is 0 Å². The third-order valence-corrected chi connectivity index (χ3v) is 5.38. The van der Waals surface area contributed by atoms with Gasteiger partial charge in [0.1, 0.15) is 4.75 Å². The van der Waals surface area contributed by atoms with E-state index in [1.165, 1.54) is 12.4 Å². The Balaban J connectivity index is 2.86. The first-order chi connectivity index (χ1) is 9.74. The van der Waals surface area contributed by atoms with Gasteiger partial charge < -0.3 is 4.52 Å². The molecule has 0 aliphatic carbocycles. The highest BCUT2D eigenvalue weighted by molar-refractivity contribution is 7.92. The van der Waals surface area contributed by atoms with Crippen molar-refractivity contribution in [2.24, 2.45) is 0 Å². The third-order valence-electron chi connectivity index (χ3n) is 3.35. The summed E-state index contributed by atoms with van der Waals surface area (Å²) in [5.41, 5.74) is 1.96. The summed E-state index contributed by atoms with van der Waals surface area (Å²) in [5, 5.41) is 12.5. The average Bonchev–Trinajstić information content (AvgIpc) is 2.88. The molecular formula is C13H20N2O5S. The molecular weight excluding hydrogens is 296 g/mol. The molecule has 1 aromatic heterocycles. The first-order valence-electron chi connectivity index (χ1n) is 6.51. The molecule has 1 atom stereocenters. The summed E-state index contributed by atoms with van der Waals surface area (Å²) in [5.74, 6) is -0.390. The molecule has 7 nitrogen and oxygen atoms in total. The van der Waals surface area contributed by atoms with Crippen LogP contribution in [0.25, 0.3) is 6.08 Å². The maximum Gasteiger partial charge on any atom is 0.264 e. The Hall–Kier alpha value is -1.67. The summed E-state index contributed by atoms with van der Waals surface area (Å²) in [6.07, 6.45) is 5.72. The van der Waals surface area contributed by atoms with E-state index in [9.17, 15) is 13.2 Å². The van der Waals surface area contributed by atoms with Gasteiger partial charge in [0.2, 0.25) is 0 Å². The maximum atomic E-state index is 11.8. The highest BCUT2D eigenvalue weighted by atomic mass is 32.2. The van der Waals surface area contributed by atoms with Crippen molar-refractivity contribution >= 4 is 21.8 Å². The van der Waals surface area contributed by atoms with Crippen LogP contribution in [-0.4, -0.2) is 35.7 Å². The highest BCUT2D eigenvalue weighted by Gasteiger charge is 2.43. The number of carbonyl (C=O) groups is 1. The number of amides is 1. The van der Waals surface area contributed by atoms with Gasteiger partial charge in [-0.05, 0) is 32.3 Å². The number of nitrogens with one attached hydrogen (secondary N) is 1. The van der Waals surface area contributed by atoms with Crippen LogP contribution < -0.4 is 5.48 Å². The van der Waals surface area contributed by atoms with Crippen molar-refractivity contribution in [3.8, 4) is 0 Å². The van der Waals surface area contributed by atoms with Crippen molar-refractivity contribution in [3.05, 3.63) is 23.6 Å². The van der Waals surface area contributed by atoms with Gasteiger partial charge >= 0.3 is 0 Å². The summed E-state index contributed by atoms with van der Waals surface area (Å²) in [4.78, 5) is 11.7. The van der Waals surface area contributed by atoms with Crippen molar-refractivity contribution in [2.75, 3.05) is 6.26 Å². The molecule has 0 saturated heterocycles. The Morgan fingerprint density at radius 2 is 2.24 bits per heavy atom. The lowest BCUT2D eigenvalue weighted by atomic mass is 10.0. The number of carbonyl (C=O) groups excluding carboxylic acids is 1. The van der Waals surface area contributed by atoms with Crippen molar-refractivity contribution in [1.82, 2.24) is 10.6 Å². The van der Waals surface area contributed by atoms with Crippen molar-refractivity contribution < 1.29 is 22.9 Å². The Labute approximate surface area is 123 Å². The number of nitrogens with zero attached hydrogens (tertiary/aromatic N) is 1. The average molecular weight is 316 g/mol. The minimum atomic E-state index is -3.70. The molecule has 0 radical (unpaired) electrons. The monoisotopic (exact) mass is 316 g/mol. The predicted molar refractivity (Wildman–Crippen MR) is 77.3 cm³/mol. The second kappa shape index (κ2) is 6.86. The Kier molecular flexibility index (Phi) is 5.68. The minimum Gasteiger partial charge on any atom is -0.357 e. The maximum absolute atomic E-state index is 11.8. The van der Waals surface area contributed by atoms with E-state index in [4.69, 9.17) is 9.73 Å². The van der Waals surface area contributed by atoms with Crippen molar-refractivity contribution in [1.29, 1.82) is 0 Å². The number of allylic oxidation sites excluding steroid dienone is 1. The van der Waals surface area contributed by atoms with Gasteiger partial charge in [-0.15, -0.1) is 0 Å². The van der Waals surface area contributed by atoms with Crippen LogP contribution in [0, 0.1) is 0 Å². The molecule has 1 amide bonds. The second-order valence-electron chi connectivity index (χ2n) is 4.98. The smallest absolute Gasteiger partial charge is 0.264 e. The molecule has 1 rings (SSSR count). The Morgan fingerprint density at radius 3 is 2.76 bits per heavy atom. The first kappa shape index (κ1) is 17.4.